The molecule has 0 saturated heterocycles. The molecule has 0 radical (unpaired) electrons. The van der Waals surface area contributed by atoms with Crippen molar-refractivity contribution in [2.24, 2.45) is 5.41 Å². The molecule has 0 aliphatic heterocycles. The standard InChI is InChI=1S/C14H24N2O2S/c1-11(14(2,3)4)15-12-9-7-8-10-13(12)19(17,18)16(5)6/h7-11,15H,1-6H3. The summed E-state index contributed by atoms with van der Waals surface area (Å²) in [5.74, 6) is 0. The van der Waals surface area contributed by atoms with Crippen molar-refractivity contribution in [1.82, 2.24) is 4.31 Å². The molecule has 1 N–H and O–H groups in total. The first-order chi connectivity index (χ1) is 8.56. The van der Waals surface area contributed by atoms with E-state index in [9.17, 15) is 8.42 Å². The van der Waals surface area contributed by atoms with Gasteiger partial charge in [0.05, 0.1) is 5.69 Å². The number of nitrogens with zero attached hydrogens (tertiary/aromatic N) is 1. The van der Waals surface area contributed by atoms with Crippen LogP contribution < -0.4 is 5.32 Å². The van der Waals surface area contributed by atoms with Gasteiger partial charge < -0.3 is 5.32 Å². The zero-order chi connectivity index (χ0) is 14.8. The average Bonchev–Trinajstić information content (AvgIpc) is 2.28. The lowest BCUT2D eigenvalue weighted by Gasteiger charge is -2.30. The molecule has 1 rings (SSSR count). The van der Waals surface area contributed by atoms with E-state index in [4.69, 9.17) is 0 Å². The van der Waals surface area contributed by atoms with E-state index in [0.717, 1.165) is 0 Å². The first kappa shape index (κ1) is 16.0. The first-order valence-electron chi connectivity index (χ1n) is 6.35. The Labute approximate surface area is 116 Å². The molecule has 0 amide bonds. The highest BCUT2D eigenvalue weighted by molar-refractivity contribution is 7.89. The Bertz CT molecular complexity index is 531. The number of sulfonamides is 1. The molecule has 1 aromatic carbocycles. The molecule has 0 spiro atoms. The van der Waals surface area contributed by atoms with Gasteiger partial charge in [-0.3, -0.25) is 0 Å². The zero-order valence-corrected chi connectivity index (χ0v) is 13.4. The molecule has 0 saturated carbocycles. The molecule has 0 aliphatic carbocycles. The Morgan fingerprint density at radius 1 is 1.16 bits per heavy atom. The average molecular weight is 284 g/mol. The van der Waals surface area contributed by atoms with Crippen molar-refractivity contribution in [2.45, 2.75) is 38.6 Å². The first-order valence-corrected chi connectivity index (χ1v) is 7.79. The zero-order valence-electron chi connectivity index (χ0n) is 12.6. The van der Waals surface area contributed by atoms with Crippen LogP contribution in [0.4, 0.5) is 5.69 Å². The number of para-hydroxylation sites is 1. The van der Waals surface area contributed by atoms with Gasteiger partial charge in [0, 0.05) is 20.1 Å². The molecule has 19 heavy (non-hydrogen) atoms. The van der Waals surface area contributed by atoms with E-state index < -0.39 is 10.0 Å². The summed E-state index contributed by atoms with van der Waals surface area (Å²) in [6.45, 7) is 8.41. The van der Waals surface area contributed by atoms with Gasteiger partial charge in [0.1, 0.15) is 4.90 Å². The highest BCUT2D eigenvalue weighted by Gasteiger charge is 2.24. The molecule has 5 heteroatoms. The van der Waals surface area contributed by atoms with Crippen molar-refractivity contribution >= 4 is 15.7 Å². The van der Waals surface area contributed by atoms with E-state index in [0.29, 0.717) is 10.6 Å². The molecular formula is C14H24N2O2S. The topological polar surface area (TPSA) is 49.4 Å². The van der Waals surface area contributed by atoms with Crippen molar-refractivity contribution in [2.75, 3.05) is 19.4 Å². The molecule has 0 aliphatic rings. The lowest BCUT2D eigenvalue weighted by Crippen LogP contribution is -2.32. The maximum absolute atomic E-state index is 12.3. The molecule has 1 atom stereocenters. The highest BCUT2D eigenvalue weighted by Crippen LogP contribution is 2.28. The number of anilines is 1. The van der Waals surface area contributed by atoms with Gasteiger partial charge in [0.2, 0.25) is 10.0 Å². The van der Waals surface area contributed by atoms with E-state index in [-0.39, 0.29) is 11.5 Å². The Morgan fingerprint density at radius 2 is 1.68 bits per heavy atom. The number of hydrogen-bond donors (Lipinski definition) is 1. The third kappa shape index (κ3) is 3.70. The van der Waals surface area contributed by atoms with E-state index in [1.807, 2.05) is 6.07 Å². The van der Waals surface area contributed by atoms with Gasteiger partial charge in [-0.25, -0.2) is 12.7 Å². The Hall–Kier alpha value is -1.07. The fraction of sp³-hybridized carbons (Fsp3) is 0.571. The number of rotatable bonds is 4. The van der Waals surface area contributed by atoms with Crippen LogP contribution in [-0.2, 0) is 10.0 Å². The van der Waals surface area contributed by atoms with Crippen molar-refractivity contribution < 1.29 is 8.42 Å². The predicted octanol–water partition coefficient (Wildman–Crippen LogP) is 2.78. The minimum Gasteiger partial charge on any atom is -0.381 e. The van der Waals surface area contributed by atoms with Crippen LogP contribution >= 0.6 is 0 Å². The van der Waals surface area contributed by atoms with Gasteiger partial charge in [-0.1, -0.05) is 32.9 Å². The second-order valence-electron chi connectivity index (χ2n) is 6.02. The van der Waals surface area contributed by atoms with Crippen molar-refractivity contribution in [3.63, 3.8) is 0 Å². The Balaban J connectivity index is 3.18. The third-order valence-electron chi connectivity index (χ3n) is 3.32. The summed E-state index contributed by atoms with van der Waals surface area (Å²) >= 11 is 0. The van der Waals surface area contributed by atoms with E-state index in [1.165, 1.54) is 4.31 Å². The van der Waals surface area contributed by atoms with Crippen LogP contribution in [0.25, 0.3) is 0 Å². The molecule has 108 valence electrons. The third-order valence-corrected chi connectivity index (χ3v) is 5.19. The van der Waals surface area contributed by atoms with Gasteiger partial charge in [-0.05, 0) is 24.5 Å². The van der Waals surface area contributed by atoms with Crippen LogP contribution in [0.3, 0.4) is 0 Å². The molecule has 1 aromatic rings. The summed E-state index contributed by atoms with van der Waals surface area (Å²) in [6.07, 6.45) is 0. The van der Waals surface area contributed by atoms with Gasteiger partial charge in [-0.15, -0.1) is 0 Å². The van der Waals surface area contributed by atoms with E-state index >= 15 is 0 Å². The van der Waals surface area contributed by atoms with Crippen LogP contribution in [0, 0.1) is 5.41 Å². The maximum atomic E-state index is 12.3. The SMILES string of the molecule is CC(Nc1ccccc1S(=O)(=O)N(C)C)C(C)(C)C. The summed E-state index contributed by atoms with van der Waals surface area (Å²) in [5.41, 5.74) is 0.702. The van der Waals surface area contributed by atoms with Gasteiger partial charge in [-0.2, -0.15) is 0 Å². The molecule has 0 heterocycles. The molecule has 0 bridgehead atoms. The second-order valence-corrected chi connectivity index (χ2v) is 8.14. The van der Waals surface area contributed by atoms with Gasteiger partial charge >= 0.3 is 0 Å². The fourth-order valence-electron chi connectivity index (χ4n) is 1.46. The van der Waals surface area contributed by atoms with E-state index in [2.05, 4.69) is 33.0 Å². The summed E-state index contributed by atoms with van der Waals surface area (Å²) in [7, 11) is -0.346. The monoisotopic (exact) mass is 284 g/mol. The second kappa shape index (κ2) is 5.51. The van der Waals surface area contributed by atoms with E-state index in [1.54, 1.807) is 32.3 Å². The Kier molecular flexibility index (Phi) is 4.63. The number of benzene rings is 1. The summed E-state index contributed by atoms with van der Waals surface area (Å²) in [5, 5.41) is 3.31. The largest absolute Gasteiger partial charge is 0.381 e. The molecule has 0 aromatic heterocycles. The molecular weight excluding hydrogens is 260 g/mol. The quantitative estimate of drug-likeness (QED) is 0.925. The maximum Gasteiger partial charge on any atom is 0.244 e. The summed E-state index contributed by atoms with van der Waals surface area (Å²) < 4.78 is 25.8. The lowest BCUT2D eigenvalue weighted by molar-refractivity contribution is 0.359. The van der Waals surface area contributed by atoms with Gasteiger partial charge in [0.15, 0.2) is 0 Å². The van der Waals surface area contributed by atoms with Gasteiger partial charge in [0.25, 0.3) is 0 Å². The molecule has 4 nitrogen and oxygen atoms in total. The smallest absolute Gasteiger partial charge is 0.244 e. The van der Waals surface area contributed by atoms with Crippen molar-refractivity contribution in [1.29, 1.82) is 0 Å². The molecule has 1 unspecified atom stereocenters. The van der Waals surface area contributed by atoms with Crippen LogP contribution in [0.15, 0.2) is 29.2 Å². The molecule has 0 fully saturated rings. The fourth-order valence-corrected chi connectivity index (χ4v) is 2.51. The summed E-state index contributed by atoms with van der Waals surface area (Å²) in [4.78, 5) is 0.316. The minimum absolute atomic E-state index is 0.0506. The van der Waals surface area contributed by atoms with Crippen LogP contribution in [-0.4, -0.2) is 32.9 Å². The van der Waals surface area contributed by atoms with Crippen molar-refractivity contribution in [3.8, 4) is 0 Å². The normalized spacial score (nSPS) is 14.5. The van der Waals surface area contributed by atoms with Crippen molar-refractivity contribution in [3.05, 3.63) is 24.3 Å². The predicted molar refractivity (Wildman–Crippen MR) is 79.9 cm³/mol. The lowest BCUT2D eigenvalue weighted by atomic mass is 9.88. The van der Waals surface area contributed by atoms with Crippen LogP contribution in [0.5, 0.6) is 0 Å². The highest BCUT2D eigenvalue weighted by atomic mass is 32.2. The number of hydrogen-bond acceptors (Lipinski definition) is 3. The van der Waals surface area contributed by atoms with Crippen LogP contribution in [0.1, 0.15) is 27.7 Å². The minimum atomic E-state index is -3.43. The number of nitrogens with one attached hydrogen (secondary N) is 1. The Morgan fingerprint density at radius 3 is 2.16 bits per heavy atom. The summed E-state index contributed by atoms with van der Waals surface area (Å²) in [6, 6.07) is 7.17. The van der Waals surface area contributed by atoms with Crippen LogP contribution in [0.2, 0.25) is 0 Å².